The maximum Gasteiger partial charge on any atom is 0.252 e. The number of hydrogen-bond donors (Lipinski definition) is 1. The Morgan fingerprint density at radius 3 is 2.59 bits per heavy atom. The van der Waals surface area contributed by atoms with E-state index in [9.17, 15) is 4.79 Å². The van der Waals surface area contributed by atoms with Crippen LogP contribution in [0, 0.1) is 0 Å². The number of hydrogen-bond acceptors (Lipinski definition) is 8. The van der Waals surface area contributed by atoms with Crippen LogP contribution in [-0.4, -0.2) is 63.6 Å². The summed E-state index contributed by atoms with van der Waals surface area (Å²) in [5.74, 6) is 2.09. The third kappa shape index (κ3) is 5.50. The topological polar surface area (TPSA) is 107 Å². The van der Waals surface area contributed by atoms with Crippen molar-refractivity contribution in [3.05, 3.63) is 39.9 Å². The van der Waals surface area contributed by atoms with Gasteiger partial charge in [-0.05, 0) is 54.7 Å². The van der Waals surface area contributed by atoms with Crippen LogP contribution in [0.1, 0.15) is 81.8 Å². The summed E-state index contributed by atoms with van der Waals surface area (Å²) in [6.45, 7) is 4.14. The predicted octanol–water partition coefficient (Wildman–Crippen LogP) is 4.17. The van der Waals surface area contributed by atoms with Gasteiger partial charge in [-0.3, -0.25) is 9.69 Å². The van der Waals surface area contributed by atoms with E-state index in [0.29, 0.717) is 35.2 Å². The maximum atomic E-state index is 13.2. The first-order chi connectivity index (χ1) is 18.1. The van der Waals surface area contributed by atoms with Crippen LogP contribution in [0.3, 0.4) is 0 Å². The highest BCUT2D eigenvalue weighted by Gasteiger charge is 2.31. The Morgan fingerprint density at radius 1 is 1.11 bits per heavy atom. The maximum absolute atomic E-state index is 13.2. The lowest BCUT2D eigenvalue weighted by Crippen LogP contribution is -2.38. The van der Waals surface area contributed by atoms with Crippen molar-refractivity contribution in [2.75, 3.05) is 27.4 Å². The number of rotatable bonds is 10. The van der Waals surface area contributed by atoms with Crippen molar-refractivity contribution in [3.8, 4) is 11.5 Å². The monoisotopic (exact) mass is 510 g/mol. The van der Waals surface area contributed by atoms with E-state index in [1.807, 2.05) is 12.1 Å². The van der Waals surface area contributed by atoms with Crippen LogP contribution in [0.15, 0.2) is 23.0 Å². The highest BCUT2D eigenvalue weighted by molar-refractivity contribution is 5.83. The Morgan fingerprint density at radius 2 is 1.89 bits per heavy atom. The first kappa shape index (κ1) is 25.7. The molecule has 0 radical (unpaired) electrons. The Labute approximate surface area is 217 Å². The number of benzene rings is 1. The summed E-state index contributed by atoms with van der Waals surface area (Å²) in [6, 6.07) is 5.97. The van der Waals surface area contributed by atoms with Crippen LogP contribution in [0.4, 0.5) is 0 Å². The third-order valence-corrected chi connectivity index (χ3v) is 7.83. The molecule has 10 nitrogen and oxygen atoms in total. The highest BCUT2D eigenvalue weighted by atomic mass is 16.5. The number of aromatic nitrogens is 5. The zero-order valence-electron chi connectivity index (χ0n) is 22.1. The number of H-pyrrole nitrogens is 1. The molecule has 2 aromatic heterocycles. The summed E-state index contributed by atoms with van der Waals surface area (Å²) >= 11 is 0. The third-order valence-electron chi connectivity index (χ3n) is 7.83. The lowest BCUT2D eigenvalue weighted by Gasteiger charge is -2.33. The molecule has 1 saturated carbocycles. The highest BCUT2D eigenvalue weighted by Crippen LogP contribution is 2.34. The number of nitrogens with one attached hydrogen (secondary N) is 1. The minimum Gasteiger partial charge on any atom is -0.493 e. The number of methoxy groups -OCH3 is 2. The molecule has 2 fully saturated rings. The van der Waals surface area contributed by atoms with E-state index >= 15 is 0 Å². The van der Waals surface area contributed by atoms with Crippen LogP contribution >= 0.6 is 0 Å². The van der Waals surface area contributed by atoms with Crippen molar-refractivity contribution in [3.63, 3.8) is 0 Å². The van der Waals surface area contributed by atoms with Crippen molar-refractivity contribution in [1.29, 1.82) is 0 Å². The van der Waals surface area contributed by atoms with E-state index in [1.165, 1.54) is 19.3 Å². The first-order valence-corrected chi connectivity index (χ1v) is 13.5. The molecule has 1 N–H and O–H groups in total. The van der Waals surface area contributed by atoms with E-state index in [0.717, 1.165) is 56.5 Å². The smallest absolute Gasteiger partial charge is 0.252 e. The number of ether oxygens (including phenoxy) is 3. The van der Waals surface area contributed by atoms with Crippen molar-refractivity contribution in [2.24, 2.45) is 0 Å². The molecule has 2 atom stereocenters. The Kier molecular flexibility index (Phi) is 8.05. The quantitative estimate of drug-likeness (QED) is 0.433. The van der Waals surface area contributed by atoms with E-state index < -0.39 is 0 Å². The molecule has 10 heteroatoms. The number of pyridine rings is 1. The number of fused-ring (bicyclic) bond motifs is 1. The van der Waals surface area contributed by atoms with Gasteiger partial charge in [0.25, 0.3) is 5.56 Å². The molecule has 3 aromatic rings. The van der Waals surface area contributed by atoms with Crippen LogP contribution in [0.2, 0.25) is 0 Å². The predicted molar refractivity (Wildman–Crippen MR) is 140 cm³/mol. The summed E-state index contributed by atoms with van der Waals surface area (Å²) in [4.78, 5) is 18.6. The van der Waals surface area contributed by atoms with Gasteiger partial charge in [0.15, 0.2) is 17.3 Å². The molecule has 0 spiro atoms. The average molecular weight is 511 g/mol. The molecule has 0 amide bonds. The normalized spacial score (nSPS) is 19.5. The second-order valence-corrected chi connectivity index (χ2v) is 10.2. The molecular weight excluding hydrogens is 472 g/mol. The van der Waals surface area contributed by atoms with E-state index in [2.05, 4.69) is 37.0 Å². The van der Waals surface area contributed by atoms with Gasteiger partial charge in [-0.15, -0.1) is 5.10 Å². The molecule has 5 rings (SSSR count). The fourth-order valence-corrected chi connectivity index (χ4v) is 5.88. The fourth-order valence-electron chi connectivity index (χ4n) is 5.88. The van der Waals surface area contributed by atoms with Crippen LogP contribution in [0.25, 0.3) is 10.9 Å². The molecule has 1 saturated heterocycles. The molecule has 200 valence electrons. The van der Waals surface area contributed by atoms with Crippen LogP contribution < -0.4 is 15.0 Å². The largest absolute Gasteiger partial charge is 0.493 e. The van der Waals surface area contributed by atoms with Gasteiger partial charge < -0.3 is 19.2 Å². The second kappa shape index (κ2) is 11.6. The van der Waals surface area contributed by atoms with Gasteiger partial charge in [0.05, 0.1) is 37.9 Å². The van der Waals surface area contributed by atoms with Crippen molar-refractivity contribution < 1.29 is 14.2 Å². The van der Waals surface area contributed by atoms with Crippen molar-refractivity contribution in [2.45, 2.75) is 83.0 Å². The Balaban J connectivity index is 1.49. The molecule has 1 aliphatic heterocycles. The van der Waals surface area contributed by atoms with E-state index in [-0.39, 0.29) is 17.7 Å². The lowest BCUT2D eigenvalue weighted by molar-refractivity contribution is 0.0481. The number of nitrogens with zero attached hydrogens (tertiary/aromatic N) is 5. The summed E-state index contributed by atoms with van der Waals surface area (Å²) in [5, 5.41) is 13.9. The van der Waals surface area contributed by atoms with Gasteiger partial charge in [-0.25, -0.2) is 4.68 Å². The van der Waals surface area contributed by atoms with Gasteiger partial charge in [0.2, 0.25) is 0 Å². The molecule has 3 heterocycles. The van der Waals surface area contributed by atoms with Crippen molar-refractivity contribution >= 4 is 10.9 Å². The van der Waals surface area contributed by atoms with Gasteiger partial charge in [0, 0.05) is 36.7 Å². The average Bonchev–Trinajstić information content (AvgIpc) is 3.62. The molecule has 2 unspecified atom stereocenters. The van der Waals surface area contributed by atoms with Crippen molar-refractivity contribution in [1.82, 2.24) is 30.1 Å². The first-order valence-electron chi connectivity index (χ1n) is 13.5. The van der Waals surface area contributed by atoms with Gasteiger partial charge in [-0.2, -0.15) is 0 Å². The second-order valence-electron chi connectivity index (χ2n) is 10.2. The standard InChI is InChI=1S/C27H38N6O4/c1-4-23(26-29-30-31-33(26)20-9-6-5-7-10-20)32(17-21-11-8-12-37-21)16-19-13-18-14-24(35-2)25(36-3)15-22(18)28-27(19)34/h13-15,20-21,23H,4-12,16-17H2,1-3H3,(H,28,34). The lowest BCUT2D eigenvalue weighted by atomic mass is 9.95. The SMILES string of the molecule is CCC(c1nnnn1C1CCCCC1)N(Cc1cc2cc(OC)c(OC)cc2[nH]c1=O)CC1CCCO1. The van der Waals surface area contributed by atoms with Gasteiger partial charge in [-0.1, -0.05) is 26.2 Å². The summed E-state index contributed by atoms with van der Waals surface area (Å²) in [6.07, 6.45) is 8.96. The Bertz CT molecular complexity index is 1250. The molecule has 0 bridgehead atoms. The van der Waals surface area contributed by atoms with Gasteiger partial charge in [0.1, 0.15) is 0 Å². The molecule has 1 aliphatic carbocycles. The zero-order valence-corrected chi connectivity index (χ0v) is 22.1. The molecular formula is C27H38N6O4. The van der Waals surface area contributed by atoms with Crippen LogP contribution in [0.5, 0.6) is 11.5 Å². The minimum atomic E-state index is -0.112. The Hall–Kier alpha value is -2.98. The summed E-state index contributed by atoms with van der Waals surface area (Å²) < 4.78 is 19.0. The molecule has 1 aromatic carbocycles. The number of aromatic amines is 1. The minimum absolute atomic E-state index is 0.0263. The number of tetrazole rings is 1. The van der Waals surface area contributed by atoms with Gasteiger partial charge >= 0.3 is 0 Å². The molecule has 2 aliphatic rings. The van der Waals surface area contributed by atoms with Crippen LogP contribution in [-0.2, 0) is 11.3 Å². The fraction of sp³-hybridized carbons (Fsp3) is 0.630. The molecule has 37 heavy (non-hydrogen) atoms. The van der Waals surface area contributed by atoms with E-state index in [4.69, 9.17) is 14.2 Å². The summed E-state index contributed by atoms with van der Waals surface area (Å²) in [5.41, 5.74) is 1.29. The summed E-state index contributed by atoms with van der Waals surface area (Å²) in [7, 11) is 3.20. The van der Waals surface area contributed by atoms with E-state index in [1.54, 1.807) is 20.3 Å². The zero-order chi connectivity index (χ0) is 25.8.